The maximum atomic E-state index is 12.7. The third-order valence-corrected chi connectivity index (χ3v) is 12.3. The Labute approximate surface area is 376 Å². The van der Waals surface area contributed by atoms with Crippen LogP contribution in [0.3, 0.4) is 0 Å². The monoisotopic (exact) mass is 887 g/mol. The zero-order valence-corrected chi connectivity index (χ0v) is 40.8. The van der Waals surface area contributed by atoms with E-state index in [1.54, 1.807) is 0 Å². The van der Waals surface area contributed by atoms with Crippen LogP contribution in [0.1, 0.15) is 251 Å². The Bertz CT molecular complexity index is 1010. The summed E-state index contributed by atoms with van der Waals surface area (Å²) in [6.45, 7) is 3.55. The van der Waals surface area contributed by atoms with Crippen molar-refractivity contribution in [3.63, 3.8) is 0 Å². The summed E-state index contributed by atoms with van der Waals surface area (Å²) >= 11 is 0. The predicted octanol–water partition coefficient (Wildman–Crippen LogP) is 15.0. The molecule has 0 aliphatic carbocycles. The van der Waals surface area contributed by atoms with E-state index in [0.29, 0.717) is 6.61 Å². The highest BCUT2D eigenvalue weighted by Gasteiger charge is 2.26. The molecule has 0 bridgehead atoms. The molecule has 9 nitrogen and oxygen atoms in total. The number of phosphoric ester groups is 1. The highest BCUT2D eigenvalue weighted by molar-refractivity contribution is 7.47. The Morgan fingerprint density at radius 2 is 0.885 bits per heavy atom. The third-order valence-electron chi connectivity index (χ3n) is 11.4. The topological polar surface area (TPSA) is 132 Å². The van der Waals surface area contributed by atoms with Crippen LogP contribution in [0.25, 0.3) is 0 Å². The Morgan fingerprint density at radius 3 is 1.34 bits per heavy atom. The lowest BCUT2D eigenvalue weighted by molar-refractivity contribution is -0.154. The van der Waals surface area contributed by atoms with Gasteiger partial charge in [-0.05, 0) is 44.9 Å². The smallest absolute Gasteiger partial charge is 0.457 e. The molecule has 0 saturated carbocycles. The highest BCUT2D eigenvalue weighted by atomic mass is 31.2. The summed E-state index contributed by atoms with van der Waals surface area (Å²) in [5, 5.41) is 18.4. The van der Waals surface area contributed by atoms with Crippen LogP contribution in [-0.4, -0.2) is 66.3 Å². The van der Waals surface area contributed by atoms with Crippen molar-refractivity contribution in [2.45, 2.75) is 264 Å². The highest BCUT2D eigenvalue weighted by Crippen LogP contribution is 2.43. The Morgan fingerprint density at radius 1 is 0.508 bits per heavy atom. The summed E-state index contributed by atoms with van der Waals surface area (Å²) in [6, 6.07) is 0. The molecule has 0 aromatic rings. The molecular weight excluding hydrogens is 788 g/mol. The van der Waals surface area contributed by atoms with Gasteiger partial charge in [-0.25, -0.2) is 4.57 Å². The molecule has 0 aromatic carbocycles. The van der Waals surface area contributed by atoms with Crippen LogP contribution in [0, 0.1) is 0 Å². The van der Waals surface area contributed by atoms with Crippen molar-refractivity contribution in [1.29, 1.82) is 0 Å². The van der Waals surface area contributed by atoms with Crippen LogP contribution >= 0.6 is 7.82 Å². The number of carbonyl (C=O) groups is 1. The van der Waals surface area contributed by atoms with E-state index < -0.39 is 33.2 Å². The van der Waals surface area contributed by atoms with Gasteiger partial charge in [0.05, 0.1) is 26.4 Å². The van der Waals surface area contributed by atoms with Gasteiger partial charge in [-0.1, -0.05) is 224 Å². The lowest BCUT2D eigenvalue weighted by atomic mass is 10.0. The van der Waals surface area contributed by atoms with Gasteiger partial charge in [-0.2, -0.15) is 0 Å². The number of unbranched alkanes of at least 4 members (excludes halogenated alkanes) is 32. The molecule has 3 unspecified atom stereocenters. The molecule has 0 spiro atoms. The number of esters is 1. The van der Waals surface area contributed by atoms with E-state index in [1.165, 1.54) is 186 Å². The minimum Gasteiger partial charge on any atom is -0.457 e. The molecule has 0 fully saturated rings. The van der Waals surface area contributed by atoms with E-state index in [4.69, 9.17) is 23.6 Å². The molecule has 362 valence electrons. The van der Waals surface area contributed by atoms with Gasteiger partial charge in [0.2, 0.25) is 0 Å². The lowest BCUT2D eigenvalue weighted by Gasteiger charge is -2.20. The van der Waals surface area contributed by atoms with Crippen molar-refractivity contribution in [1.82, 2.24) is 0 Å². The zero-order valence-electron chi connectivity index (χ0n) is 39.9. The van der Waals surface area contributed by atoms with Gasteiger partial charge in [-0.15, -0.1) is 0 Å². The standard InChI is InChI=1S/C51H99O9P/c1-3-5-7-9-11-13-15-17-19-21-23-25-27-29-31-33-35-37-39-41-43-51(54)60-50(48-59-61(55,56)58-46-49(53)45-52)47-57-44-42-40-38-36-34-32-30-28-26-24-22-20-18-16-14-12-10-8-6-4-2/h12,14,18,20,49-50,52-53H,3-11,13,15-17,19,21-48H2,1-2H3,(H,55,56)/b14-12-,20-18-. The van der Waals surface area contributed by atoms with Crippen molar-refractivity contribution in [2.75, 3.05) is 33.0 Å². The van der Waals surface area contributed by atoms with Crippen LogP contribution in [0.5, 0.6) is 0 Å². The first-order valence-corrected chi connectivity index (χ1v) is 27.3. The van der Waals surface area contributed by atoms with E-state index >= 15 is 0 Å². The predicted molar refractivity (Wildman–Crippen MR) is 256 cm³/mol. The second kappa shape index (κ2) is 48.4. The Kier molecular flexibility index (Phi) is 47.6. The number of ether oxygens (including phenoxy) is 2. The maximum Gasteiger partial charge on any atom is 0.472 e. The van der Waals surface area contributed by atoms with Gasteiger partial charge in [0.15, 0.2) is 0 Å². The fourth-order valence-corrected chi connectivity index (χ4v) is 8.24. The Balaban J connectivity index is 4.04. The minimum atomic E-state index is -4.52. The molecule has 3 N–H and O–H groups in total. The van der Waals surface area contributed by atoms with Gasteiger partial charge in [0, 0.05) is 13.0 Å². The summed E-state index contributed by atoms with van der Waals surface area (Å²) < 4.78 is 33.5. The molecule has 0 amide bonds. The number of rotatable bonds is 50. The van der Waals surface area contributed by atoms with Gasteiger partial charge in [-0.3, -0.25) is 13.8 Å². The normalized spacial score (nSPS) is 14.0. The number of carbonyl (C=O) groups excluding carboxylic acids is 1. The van der Waals surface area contributed by atoms with E-state index in [0.717, 1.165) is 44.9 Å². The lowest BCUT2D eigenvalue weighted by Crippen LogP contribution is -2.29. The molecule has 0 aromatic heterocycles. The number of hydrogen-bond donors (Lipinski definition) is 3. The van der Waals surface area contributed by atoms with Crippen molar-refractivity contribution < 1.29 is 43.0 Å². The SMILES string of the molecule is CCCCC/C=C\C/C=C\CCCCCCCCCCCCOCC(COP(=O)(O)OCC(O)CO)OC(=O)CCCCCCCCCCCCCCCCCCCCCC. The van der Waals surface area contributed by atoms with Gasteiger partial charge in [0.25, 0.3) is 0 Å². The summed E-state index contributed by atoms with van der Waals surface area (Å²) in [4.78, 5) is 22.7. The Hall–Kier alpha value is -1.06. The number of aliphatic hydroxyl groups is 2. The van der Waals surface area contributed by atoms with Gasteiger partial charge in [0.1, 0.15) is 12.2 Å². The maximum absolute atomic E-state index is 12.7. The molecule has 61 heavy (non-hydrogen) atoms. The van der Waals surface area contributed by atoms with E-state index in [1.807, 2.05) is 0 Å². The summed E-state index contributed by atoms with van der Waals surface area (Å²) in [7, 11) is -4.52. The van der Waals surface area contributed by atoms with Crippen molar-refractivity contribution >= 4 is 13.8 Å². The van der Waals surface area contributed by atoms with Crippen molar-refractivity contribution in [3.8, 4) is 0 Å². The van der Waals surface area contributed by atoms with E-state index in [2.05, 4.69) is 38.2 Å². The van der Waals surface area contributed by atoms with Crippen LogP contribution < -0.4 is 0 Å². The third kappa shape index (κ3) is 48.2. The summed E-state index contributed by atoms with van der Waals surface area (Å²) in [6.07, 6.45) is 52.8. The molecule has 10 heteroatoms. The molecule has 0 radical (unpaired) electrons. The average molecular weight is 887 g/mol. The number of aliphatic hydroxyl groups excluding tert-OH is 2. The van der Waals surface area contributed by atoms with Crippen LogP contribution in [-0.2, 0) is 27.9 Å². The summed E-state index contributed by atoms with van der Waals surface area (Å²) in [5.74, 6) is -0.377. The number of allylic oxidation sites excluding steroid dienone is 4. The van der Waals surface area contributed by atoms with Crippen molar-refractivity contribution in [2.24, 2.45) is 0 Å². The molecular formula is C51H99O9P. The molecule has 3 atom stereocenters. The molecule has 0 heterocycles. The quantitative estimate of drug-likeness (QED) is 0.0236. The van der Waals surface area contributed by atoms with E-state index in [-0.39, 0.29) is 25.6 Å². The van der Waals surface area contributed by atoms with E-state index in [9.17, 15) is 19.4 Å². The van der Waals surface area contributed by atoms with Crippen LogP contribution in [0.4, 0.5) is 0 Å². The first-order valence-electron chi connectivity index (χ1n) is 25.8. The average Bonchev–Trinajstić information content (AvgIpc) is 3.25. The first-order chi connectivity index (χ1) is 29.8. The van der Waals surface area contributed by atoms with Crippen LogP contribution in [0.2, 0.25) is 0 Å². The fraction of sp³-hybridized carbons (Fsp3) is 0.902. The molecule has 0 aliphatic heterocycles. The second-order valence-electron chi connectivity index (χ2n) is 17.5. The van der Waals surface area contributed by atoms with Gasteiger partial charge < -0.3 is 24.6 Å². The number of phosphoric acid groups is 1. The fourth-order valence-electron chi connectivity index (χ4n) is 7.45. The molecule has 0 rings (SSSR count). The van der Waals surface area contributed by atoms with Gasteiger partial charge >= 0.3 is 13.8 Å². The molecule has 0 aliphatic rings. The molecule has 0 saturated heterocycles. The van der Waals surface area contributed by atoms with Crippen LogP contribution in [0.15, 0.2) is 24.3 Å². The largest absolute Gasteiger partial charge is 0.472 e. The van der Waals surface area contributed by atoms with Crippen molar-refractivity contribution in [3.05, 3.63) is 24.3 Å². The first kappa shape index (κ1) is 59.9. The number of hydrogen-bond acceptors (Lipinski definition) is 8. The summed E-state index contributed by atoms with van der Waals surface area (Å²) in [5.41, 5.74) is 0. The second-order valence-corrected chi connectivity index (χ2v) is 19.0. The zero-order chi connectivity index (χ0) is 44.6. The minimum absolute atomic E-state index is 0.0518.